The Morgan fingerprint density at radius 2 is 2.00 bits per heavy atom. The average molecular weight is 575 g/mol. The summed E-state index contributed by atoms with van der Waals surface area (Å²) in [6, 6.07) is 8.35. The van der Waals surface area contributed by atoms with Gasteiger partial charge in [-0.15, -0.1) is 0 Å². The number of nitrogens with one attached hydrogen (secondary N) is 3. The first kappa shape index (κ1) is 28.1. The molecule has 3 N–H and O–H groups in total. The predicted molar refractivity (Wildman–Crippen MR) is 139 cm³/mol. The molecule has 2 amide bonds. The van der Waals surface area contributed by atoms with Crippen LogP contribution in [-0.4, -0.2) is 66.1 Å². The highest BCUT2D eigenvalue weighted by atomic mass is 19.4. The summed E-state index contributed by atoms with van der Waals surface area (Å²) in [6.45, 7) is 1.03. The molecule has 216 valence electrons. The van der Waals surface area contributed by atoms with Gasteiger partial charge in [0.2, 0.25) is 11.8 Å². The zero-order valence-corrected chi connectivity index (χ0v) is 22.0. The number of piperidine rings is 1. The third-order valence-corrected chi connectivity index (χ3v) is 6.78. The van der Waals surface area contributed by atoms with Crippen molar-refractivity contribution in [1.82, 2.24) is 25.5 Å². The maximum atomic E-state index is 14.1. The van der Waals surface area contributed by atoms with E-state index in [9.17, 15) is 27.2 Å². The Hall–Kier alpha value is -4.46. The molecule has 2 aromatic carbocycles. The molecule has 5 rings (SSSR count). The number of carbonyl (C=O) groups is 2. The zero-order chi connectivity index (χ0) is 29.3. The standard InChI is InChI=1S/C27H26F4N6O4/c1-37-13-15-4-3-5-20(22(15)25(37)39)41-24-16(27(29,30)31)11-33-26(36-24)35-19-7-6-14(10-21(19)40-2)23(38)34-18-8-9-32-12-17(18)28/h3-7,10-11,17-18,32H,8-9,12-13H2,1-2H3,(H,34,38)(H,33,35,36)/t17-,18?/m1/s1. The molecular weight excluding hydrogens is 548 g/mol. The monoisotopic (exact) mass is 574 g/mol. The van der Waals surface area contributed by atoms with Crippen LogP contribution in [0.15, 0.2) is 42.6 Å². The zero-order valence-electron chi connectivity index (χ0n) is 22.0. The number of hydrogen-bond donors (Lipinski definition) is 3. The Morgan fingerprint density at radius 1 is 1.20 bits per heavy atom. The van der Waals surface area contributed by atoms with Crippen LogP contribution in [-0.2, 0) is 12.7 Å². The van der Waals surface area contributed by atoms with E-state index in [2.05, 4.69) is 25.9 Å². The summed E-state index contributed by atoms with van der Waals surface area (Å²) in [4.78, 5) is 34.5. The molecular formula is C27H26F4N6O4. The summed E-state index contributed by atoms with van der Waals surface area (Å²) in [5.41, 5.74) is -0.00894. The maximum absolute atomic E-state index is 14.1. The number of methoxy groups -OCH3 is 1. The molecule has 0 saturated carbocycles. The second kappa shape index (κ2) is 11.2. The van der Waals surface area contributed by atoms with Gasteiger partial charge in [0.1, 0.15) is 23.2 Å². The minimum absolute atomic E-state index is 0.0655. The van der Waals surface area contributed by atoms with Gasteiger partial charge in [0, 0.05) is 31.9 Å². The largest absolute Gasteiger partial charge is 0.495 e. The Labute approximate surface area is 232 Å². The number of benzene rings is 2. The van der Waals surface area contributed by atoms with Crippen LogP contribution in [0.25, 0.3) is 0 Å². The van der Waals surface area contributed by atoms with Gasteiger partial charge in [-0.2, -0.15) is 18.2 Å². The number of anilines is 2. The Kier molecular flexibility index (Phi) is 7.67. The summed E-state index contributed by atoms with van der Waals surface area (Å²) in [5.74, 6) is -1.84. The van der Waals surface area contributed by atoms with Crippen LogP contribution >= 0.6 is 0 Å². The first-order valence-electron chi connectivity index (χ1n) is 12.6. The molecule has 2 aliphatic rings. The number of alkyl halides is 4. The third kappa shape index (κ3) is 5.87. The SMILES string of the molecule is COc1cc(C(=O)NC2CCNC[C@H]2F)ccc1Nc1ncc(C(F)(F)F)c(Oc2cccc3c2C(=O)N(C)C3)n1. The number of rotatable bonds is 7. The molecule has 1 unspecified atom stereocenters. The molecule has 3 aromatic rings. The van der Waals surface area contributed by atoms with Gasteiger partial charge in [-0.05, 0) is 42.8 Å². The van der Waals surface area contributed by atoms with E-state index in [1.807, 2.05) is 0 Å². The molecule has 1 fully saturated rings. The van der Waals surface area contributed by atoms with Gasteiger partial charge in [-0.25, -0.2) is 9.37 Å². The van der Waals surface area contributed by atoms with E-state index in [0.717, 1.165) is 0 Å². The number of halogens is 4. The fraction of sp³-hybridized carbons (Fsp3) is 0.333. The van der Waals surface area contributed by atoms with Gasteiger partial charge in [0.25, 0.3) is 11.8 Å². The van der Waals surface area contributed by atoms with Gasteiger partial charge in [-0.3, -0.25) is 9.59 Å². The lowest BCUT2D eigenvalue weighted by molar-refractivity contribution is -0.139. The van der Waals surface area contributed by atoms with Crippen LogP contribution in [0.4, 0.5) is 29.2 Å². The molecule has 3 heterocycles. The van der Waals surface area contributed by atoms with Crippen molar-refractivity contribution >= 4 is 23.5 Å². The first-order chi connectivity index (χ1) is 19.5. The normalized spacial score (nSPS) is 18.6. The quantitative estimate of drug-likeness (QED) is 0.362. The summed E-state index contributed by atoms with van der Waals surface area (Å²) in [7, 11) is 2.92. The van der Waals surface area contributed by atoms with Crippen LogP contribution in [0.3, 0.4) is 0 Å². The highest BCUT2D eigenvalue weighted by molar-refractivity contribution is 6.01. The van der Waals surface area contributed by atoms with E-state index < -0.39 is 35.7 Å². The lowest BCUT2D eigenvalue weighted by Crippen LogP contribution is -2.50. The molecule has 2 atom stereocenters. The van der Waals surface area contributed by atoms with Crippen molar-refractivity contribution < 1.29 is 36.6 Å². The summed E-state index contributed by atoms with van der Waals surface area (Å²) in [6.07, 6.45) is -5.05. The highest BCUT2D eigenvalue weighted by Crippen LogP contribution is 2.40. The van der Waals surface area contributed by atoms with E-state index in [1.54, 1.807) is 19.2 Å². The fourth-order valence-electron chi connectivity index (χ4n) is 4.65. The third-order valence-electron chi connectivity index (χ3n) is 6.78. The van der Waals surface area contributed by atoms with Gasteiger partial charge >= 0.3 is 6.18 Å². The highest BCUT2D eigenvalue weighted by Gasteiger charge is 2.37. The molecule has 1 saturated heterocycles. The lowest BCUT2D eigenvalue weighted by atomic mass is 10.0. The molecule has 0 bridgehead atoms. The Bertz CT molecular complexity index is 1480. The topological polar surface area (TPSA) is 118 Å². The van der Waals surface area contributed by atoms with Crippen molar-refractivity contribution in [2.24, 2.45) is 0 Å². The Morgan fingerprint density at radius 3 is 2.73 bits per heavy atom. The Balaban J connectivity index is 1.41. The van der Waals surface area contributed by atoms with Crippen molar-refractivity contribution in [2.45, 2.75) is 31.4 Å². The number of nitrogens with zero attached hydrogens (tertiary/aromatic N) is 3. The smallest absolute Gasteiger partial charge is 0.423 e. The van der Waals surface area contributed by atoms with Crippen LogP contribution in [0, 0.1) is 0 Å². The summed E-state index contributed by atoms with van der Waals surface area (Å²) >= 11 is 0. The predicted octanol–water partition coefficient (Wildman–Crippen LogP) is 4.06. The lowest BCUT2D eigenvalue weighted by Gasteiger charge is -2.27. The van der Waals surface area contributed by atoms with Crippen LogP contribution < -0.4 is 25.4 Å². The minimum Gasteiger partial charge on any atom is -0.495 e. The minimum atomic E-state index is -4.84. The van der Waals surface area contributed by atoms with E-state index in [4.69, 9.17) is 9.47 Å². The number of ether oxygens (including phenoxy) is 2. The number of aromatic nitrogens is 2. The van der Waals surface area contributed by atoms with Crippen LogP contribution in [0.1, 0.15) is 38.3 Å². The van der Waals surface area contributed by atoms with Crippen LogP contribution in [0.2, 0.25) is 0 Å². The average Bonchev–Trinajstić information content (AvgIpc) is 3.23. The van der Waals surface area contributed by atoms with Gasteiger partial charge in [-0.1, -0.05) is 12.1 Å². The number of amides is 2. The van der Waals surface area contributed by atoms with Crippen molar-refractivity contribution in [3.8, 4) is 17.4 Å². The van der Waals surface area contributed by atoms with E-state index >= 15 is 0 Å². The van der Waals surface area contributed by atoms with Crippen LogP contribution in [0.5, 0.6) is 17.4 Å². The van der Waals surface area contributed by atoms with E-state index in [-0.39, 0.29) is 46.7 Å². The molecule has 10 nitrogen and oxygen atoms in total. The molecule has 0 radical (unpaired) electrons. The molecule has 0 aliphatic carbocycles. The molecule has 1 aromatic heterocycles. The fourth-order valence-corrected chi connectivity index (χ4v) is 4.65. The van der Waals surface area contributed by atoms with Gasteiger partial charge < -0.3 is 30.3 Å². The van der Waals surface area contributed by atoms with Gasteiger partial charge in [0.15, 0.2) is 0 Å². The molecule has 14 heteroatoms. The summed E-state index contributed by atoms with van der Waals surface area (Å²) in [5, 5.41) is 8.37. The number of hydrogen-bond acceptors (Lipinski definition) is 8. The second-order valence-corrected chi connectivity index (χ2v) is 9.59. The van der Waals surface area contributed by atoms with Crippen molar-refractivity contribution in [3.05, 3.63) is 64.8 Å². The van der Waals surface area contributed by atoms with E-state index in [1.165, 1.54) is 36.3 Å². The van der Waals surface area contributed by atoms with Crippen molar-refractivity contribution in [3.63, 3.8) is 0 Å². The molecule has 41 heavy (non-hydrogen) atoms. The first-order valence-corrected chi connectivity index (χ1v) is 12.6. The molecule has 2 aliphatic heterocycles. The number of fused-ring (bicyclic) bond motifs is 1. The second-order valence-electron chi connectivity index (χ2n) is 9.59. The maximum Gasteiger partial charge on any atom is 0.423 e. The summed E-state index contributed by atoms with van der Waals surface area (Å²) < 4.78 is 66.5. The van der Waals surface area contributed by atoms with Gasteiger partial charge in [0.05, 0.1) is 24.4 Å². The van der Waals surface area contributed by atoms with Crippen molar-refractivity contribution in [1.29, 1.82) is 0 Å². The molecule has 0 spiro atoms. The number of carbonyl (C=O) groups excluding carboxylic acids is 2. The van der Waals surface area contributed by atoms with Crippen molar-refractivity contribution in [2.75, 3.05) is 32.6 Å². The van der Waals surface area contributed by atoms with E-state index in [0.29, 0.717) is 31.3 Å².